The molecule has 0 saturated heterocycles. The van der Waals surface area contributed by atoms with Crippen LogP contribution >= 0.6 is 0 Å². The summed E-state index contributed by atoms with van der Waals surface area (Å²) >= 11 is 0. The predicted octanol–water partition coefficient (Wildman–Crippen LogP) is 0.152. The molecule has 0 spiro atoms. The lowest BCUT2D eigenvalue weighted by atomic mass is 10.1. The first-order valence-electron chi connectivity index (χ1n) is 3.07. The topological polar surface area (TPSA) is 47.6 Å². The van der Waals surface area contributed by atoms with Gasteiger partial charge in [-0.25, -0.2) is 0 Å². The van der Waals surface area contributed by atoms with Crippen molar-refractivity contribution in [3.8, 4) is 0 Å². The summed E-state index contributed by atoms with van der Waals surface area (Å²) in [5.41, 5.74) is 5.29. The monoisotopic (exact) mass is 128 g/mol. The summed E-state index contributed by atoms with van der Waals surface area (Å²) in [5, 5.41) is 0. The van der Waals surface area contributed by atoms with Gasteiger partial charge in [-0.3, -0.25) is 4.99 Å². The highest BCUT2D eigenvalue weighted by molar-refractivity contribution is 5.86. The van der Waals surface area contributed by atoms with Crippen molar-refractivity contribution in [2.45, 2.75) is 19.4 Å². The number of nitrogens with zero attached hydrogens (tertiary/aromatic N) is 1. The molecule has 0 radical (unpaired) electrons. The van der Waals surface area contributed by atoms with Crippen LogP contribution in [0.25, 0.3) is 0 Å². The first-order chi connectivity index (χ1) is 4.11. The Bertz CT molecular complexity index is 134. The van der Waals surface area contributed by atoms with Crippen molar-refractivity contribution in [2.24, 2.45) is 10.7 Å². The highest BCUT2D eigenvalue weighted by Crippen LogP contribution is 2.06. The van der Waals surface area contributed by atoms with Crippen molar-refractivity contribution in [2.75, 3.05) is 13.2 Å². The molecule has 1 aliphatic rings. The zero-order valence-corrected chi connectivity index (χ0v) is 5.85. The van der Waals surface area contributed by atoms with E-state index in [9.17, 15) is 0 Å². The van der Waals surface area contributed by atoms with Crippen molar-refractivity contribution in [1.82, 2.24) is 0 Å². The van der Waals surface area contributed by atoms with Gasteiger partial charge < -0.3 is 10.5 Å². The van der Waals surface area contributed by atoms with Gasteiger partial charge >= 0.3 is 0 Å². The van der Waals surface area contributed by atoms with Crippen LogP contribution in [0.15, 0.2) is 4.99 Å². The fraction of sp³-hybridized carbons (Fsp3) is 0.833. The predicted molar refractivity (Wildman–Crippen MR) is 36.5 cm³/mol. The van der Waals surface area contributed by atoms with Crippen LogP contribution in [0.3, 0.4) is 0 Å². The van der Waals surface area contributed by atoms with E-state index >= 15 is 0 Å². The third-order valence-corrected chi connectivity index (χ3v) is 1.14. The molecule has 1 rings (SSSR count). The van der Waals surface area contributed by atoms with Gasteiger partial charge in [0.25, 0.3) is 0 Å². The molecule has 0 saturated carbocycles. The second-order valence-electron chi connectivity index (χ2n) is 2.76. The summed E-state index contributed by atoms with van der Waals surface area (Å²) in [4.78, 5) is 4.08. The fourth-order valence-electron chi connectivity index (χ4n) is 0.725. The molecule has 0 amide bonds. The third-order valence-electron chi connectivity index (χ3n) is 1.14. The highest BCUT2D eigenvalue weighted by atomic mass is 16.5. The average molecular weight is 128 g/mol. The Balaban J connectivity index is 2.61. The lowest BCUT2D eigenvalue weighted by Crippen LogP contribution is -2.41. The molecule has 0 aromatic carbocycles. The first-order valence-corrected chi connectivity index (χ1v) is 3.07. The molecular formula is C6H12N2O. The lowest BCUT2D eigenvalue weighted by molar-refractivity contribution is 0.319. The Hall–Kier alpha value is -0.570. The van der Waals surface area contributed by atoms with E-state index in [4.69, 9.17) is 10.5 Å². The standard InChI is InChI=1S/C6H12N2O/c1-6(2,7)5-8-3-4-9-5/h3-4,7H2,1-2H3. The first kappa shape index (κ1) is 6.55. The maximum Gasteiger partial charge on any atom is 0.203 e. The number of hydrogen-bond acceptors (Lipinski definition) is 3. The summed E-state index contributed by atoms with van der Waals surface area (Å²) in [7, 11) is 0. The SMILES string of the molecule is CC(C)(N)C1=NCCO1. The van der Waals surface area contributed by atoms with Gasteiger partial charge in [-0.2, -0.15) is 0 Å². The van der Waals surface area contributed by atoms with Crippen molar-refractivity contribution < 1.29 is 4.74 Å². The molecule has 0 aromatic rings. The van der Waals surface area contributed by atoms with Crippen LogP contribution in [-0.4, -0.2) is 24.6 Å². The Morgan fingerprint density at radius 2 is 2.33 bits per heavy atom. The van der Waals surface area contributed by atoms with Gasteiger partial charge in [0, 0.05) is 0 Å². The second kappa shape index (κ2) is 1.99. The van der Waals surface area contributed by atoms with Crippen LogP contribution in [0.2, 0.25) is 0 Å². The largest absolute Gasteiger partial charge is 0.478 e. The summed E-state index contributed by atoms with van der Waals surface area (Å²) in [6.45, 7) is 5.22. The van der Waals surface area contributed by atoms with Gasteiger partial charge in [-0.1, -0.05) is 0 Å². The average Bonchev–Trinajstić information content (AvgIpc) is 2.08. The Morgan fingerprint density at radius 1 is 1.67 bits per heavy atom. The molecule has 0 aliphatic carbocycles. The van der Waals surface area contributed by atoms with Gasteiger partial charge in [0.2, 0.25) is 5.90 Å². The molecule has 0 unspecified atom stereocenters. The molecule has 0 bridgehead atoms. The van der Waals surface area contributed by atoms with Crippen molar-refractivity contribution in [3.05, 3.63) is 0 Å². The van der Waals surface area contributed by atoms with Crippen LogP contribution in [0.1, 0.15) is 13.8 Å². The van der Waals surface area contributed by atoms with Gasteiger partial charge in [0.1, 0.15) is 6.61 Å². The van der Waals surface area contributed by atoms with E-state index in [-0.39, 0.29) is 0 Å². The van der Waals surface area contributed by atoms with E-state index < -0.39 is 5.54 Å². The van der Waals surface area contributed by atoms with E-state index in [0.29, 0.717) is 12.5 Å². The molecule has 1 aliphatic heterocycles. The molecule has 9 heavy (non-hydrogen) atoms. The molecule has 0 atom stereocenters. The quantitative estimate of drug-likeness (QED) is 0.546. The van der Waals surface area contributed by atoms with Gasteiger partial charge in [-0.15, -0.1) is 0 Å². The number of rotatable bonds is 1. The van der Waals surface area contributed by atoms with E-state index in [2.05, 4.69) is 4.99 Å². The lowest BCUT2D eigenvalue weighted by Gasteiger charge is -2.16. The minimum absolute atomic E-state index is 0.392. The zero-order chi connectivity index (χ0) is 6.91. The third kappa shape index (κ3) is 1.42. The molecular weight excluding hydrogens is 116 g/mol. The number of ether oxygens (including phenoxy) is 1. The minimum Gasteiger partial charge on any atom is -0.478 e. The Labute approximate surface area is 54.9 Å². The van der Waals surface area contributed by atoms with E-state index in [1.165, 1.54) is 0 Å². The normalized spacial score (nSPS) is 19.2. The Kier molecular flexibility index (Phi) is 1.45. The summed E-state index contributed by atoms with van der Waals surface area (Å²) in [5.74, 6) is 0.683. The van der Waals surface area contributed by atoms with Crippen LogP contribution < -0.4 is 5.73 Å². The summed E-state index contributed by atoms with van der Waals surface area (Å²) < 4.78 is 5.14. The maximum absolute atomic E-state index is 5.68. The molecule has 0 fully saturated rings. The number of hydrogen-bond donors (Lipinski definition) is 1. The van der Waals surface area contributed by atoms with Crippen molar-refractivity contribution in [1.29, 1.82) is 0 Å². The van der Waals surface area contributed by atoms with Crippen molar-refractivity contribution >= 4 is 5.90 Å². The second-order valence-corrected chi connectivity index (χ2v) is 2.76. The smallest absolute Gasteiger partial charge is 0.203 e. The van der Waals surface area contributed by atoms with Crippen LogP contribution in [-0.2, 0) is 4.74 Å². The molecule has 2 N–H and O–H groups in total. The molecule has 3 heteroatoms. The highest BCUT2D eigenvalue weighted by Gasteiger charge is 2.23. The number of aliphatic imine (C=N–C) groups is 1. The van der Waals surface area contributed by atoms with E-state index in [1.54, 1.807) is 0 Å². The summed E-state index contributed by atoms with van der Waals surface area (Å²) in [6, 6.07) is 0. The van der Waals surface area contributed by atoms with Crippen LogP contribution in [0, 0.1) is 0 Å². The van der Waals surface area contributed by atoms with Gasteiger partial charge in [-0.05, 0) is 13.8 Å². The molecule has 3 nitrogen and oxygen atoms in total. The van der Waals surface area contributed by atoms with Crippen LogP contribution in [0.4, 0.5) is 0 Å². The molecule has 0 aromatic heterocycles. The van der Waals surface area contributed by atoms with E-state index in [1.807, 2.05) is 13.8 Å². The maximum atomic E-state index is 5.68. The fourth-order valence-corrected chi connectivity index (χ4v) is 0.725. The molecule has 52 valence electrons. The van der Waals surface area contributed by atoms with Crippen LogP contribution in [0.5, 0.6) is 0 Å². The Morgan fingerprint density at radius 3 is 2.56 bits per heavy atom. The molecule has 1 heterocycles. The minimum atomic E-state index is -0.392. The van der Waals surface area contributed by atoms with Crippen molar-refractivity contribution in [3.63, 3.8) is 0 Å². The number of nitrogens with two attached hydrogens (primary N) is 1. The zero-order valence-electron chi connectivity index (χ0n) is 5.85. The van der Waals surface area contributed by atoms with Gasteiger partial charge in [0.15, 0.2) is 0 Å². The van der Waals surface area contributed by atoms with E-state index in [0.717, 1.165) is 6.54 Å². The van der Waals surface area contributed by atoms with Gasteiger partial charge in [0.05, 0.1) is 12.1 Å². The summed E-state index contributed by atoms with van der Waals surface area (Å²) in [6.07, 6.45) is 0.